The number of aromatic amines is 1. The summed E-state index contributed by atoms with van der Waals surface area (Å²) in [5.74, 6) is -0.0625. The molecule has 3 amide bonds. The lowest BCUT2D eigenvalue weighted by atomic mass is 9.99. The average molecular weight is 390 g/mol. The molecule has 0 radical (unpaired) electrons. The molecule has 150 valence electrons. The number of carbonyl (C=O) groups is 2. The van der Waals surface area contributed by atoms with Gasteiger partial charge in [-0.25, -0.2) is 4.79 Å². The first kappa shape index (κ1) is 19.1. The summed E-state index contributed by atoms with van der Waals surface area (Å²) in [5, 5.41) is 6.83. The molecule has 2 aromatic carbocycles. The van der Waals surface area contributed by atoms with Crippen LogP contribution in [0.5, 0.6) is 0 Å². The molecule has 2 heterocycles. The Hall–Kier alpha value is -3.28. The fraction of sp³-hybridized carbons (Fsp3) is 0.304. The van der Waals surface area contributed by atoms with Crippen molar-refractivity contribution in [3.63, 3.8) is 0 Å². The van der Waals surface area contributed by atoms with Crippen LogP contribution in [0.1, 0.15) is 25.1 Å². The molecule has 0 aliphatic carbocycles. The van der Waals surface area contributed by atoms with Gasteiger partial charge in [-0.2, -0.15) is 0 Å². The van der Waals surface area contributed by atoms with E-state index in [1.165, 1.54) is 11.3 Å². The van der Waals surface area contributed by atoms with E-state index in [2.05, 4.69) is 27.8 Å². The molecule has 0 fully saturated rings. The predicted octanol–water partition coefficient (Wildman–Crippen LogP) is 3.90. The van der Waals surface area contributed by atoms with Crippen LogP contribution >= 0.6 is 0 Å². The first-order valence-corrected chi connectivity index (χ1v) is 10.0. The molecule has 29 heavy (non-hydrogen) atoms. The van der Waals surface area contributed by atoms with Crippen LogP contribution in [-0.2, 0) is 17.8 Å². The summed E-state index contributed by atoms with van der Waals surface area (Å²) < 4.78 is 0. The van der Waals surface area contributed by atoms with Gasteiger partial charge in [0, 0.05) is 47.4 Å². The fourth-order valence-corrected chi connectivity index (χ4v) is 3.89. The van der Waals surface area contributed by atoms with Crippen LogP contribution in [0, 0.1) is 5.92 Å². The number of benzene rings is 2. The largest absolute Gasteiger partial charge is 0.358 e. The minimum atomic E-state index is -0.578. The van der Waals surface area contributed by atoms with Crippen molar-refractivity contribution < 1.29 is 9.59 Å². The van der Waals surface area contributed by atoms with Crippen LogP contribution in [-0.4, -0.2) is 34.4 Å². The lowest BCUT2D eigenvalue weighted by molar-refractivity contribution is -0.135. The Kier molecular flexibility index (Phi) is 5.25. The first-order chi connectivity index (χ1) is 14.0. The second-order valence-corrected chi connectivity index (χ2v) is 7.82. The van der Waals surface area contributed by atoms with Crippen molar-refractivity contribution in [3.8, 4) is 0 Å². The summed E-state index contributed by atoms with van der Waals surface area (Å²) in [7, 11) is 0. The quantitative estimate of drug-likeness (QED) is 0.632. The lowest BCUT2D eigenvalue weighted by Gasteiger charge is -2.32. The van der Waals surface area contributed by atoms with Crippen LogP contribution in [0.2, 0.25) is 0 Å². The smallest absolute Gasteiger partial charge is 0.319 e. The number of urea groups is 1. The number of rotatable bonds is 4. The van der Waals surface area contributed by atoms with E-state index in [9.17, 15) is 9.59 Å². The van der Waals surface area contributed by atoms with Crippen molar-refractivity contribution >= 4 is 28.5 Å². The molecule has 4 rings (SSSR count). The van der Waals surface area contributed by atoms with Crippen molar-refractivity contribution in [3.05, 3.63) is 65.9 Å². The number of para-hydroxylation sites is 2. The summed E-state index contributed by atoms with van der Waals surface area (Å²) in [4.78, 5) is 31.0. The first-order valence-electron chi connectivity index (χ1n) is 10.0. The molecule has 0 bridgehead atoms. The lowest BCUT2D eigenvalue weighted by Crippen LogP contribution is -2.53. The minimum absolute atomic E-state index is 0.0200. The van der Waals surface area contributed by atoms with Crippen LogP contribution in [0.3, 0.4) is 0 Å². The molecular weight excluding hydrogens is 364 g/mol. The van der Waals surface area contributed by atoms with E-state index in [0.29, 0.717) is 18.8 Å². The molecule has 0 spiro atoms. The Morgan fingerprint density at radius 2 is 1.76 bits per heavy atom. The number of H-pyrrole nitrogens is 1. The van der Waals surface area contributed by atoms with Gasteiger partial charge in [-0.05, 0) is 24.1 Å². The maximum Gasteiger partial charge on any atom is 0.319 e. The molecule has 1 aliphatic rings. The van der Waals surface area contributed by atoms with E-state index >= 15 is 0 Å². The molecule has 1 atom stereocenters. The topological polar surface area (TPSA) is 77.2 Å². The Balaban J connectivity index is 1.48. The number of carbonyl (C=O) groups excluding carboxylic acids is 2. The van der Waals surface area contributed by atoms with Gasteiger partial charge in [0.25, 0.3) is 0 Å². The molecule has 6 nitrogen and oxygen atoms in total. The third kappa shape index (κ3) is 3.97. The van der Waals surface area contributed by atoms with Gasteiger partial charge in [-0.15, -0.1) is 0 Å². The highest BCUT2D eigenvalue weighted by atomic mass is 16.2. The highest BCUT2D eigenvalue weighted by Crippen LogP contribution is 2.28. The van der Waals surface area contributed by atoms with Gasteiger partial charge in [0.15, 0.2) is 0 Å². The second kappa shape index (κ2) is 7.99. The van der Waals surface area contributed by atoms with Gasteiger partial charge >= 0.3 is 6.03 Å². The number of fused-ring (bicyclic) bond motifs is 3. The summed E-state index contributed by atoms with van der Waals surface area (Å²) in [6.45, 7) is 5.10. The van der Waals surface area contributed by atoms with Crippen LogP contribution < -0.4 is 10.6 Å². The van der Waals surface area contributed by atoms with E-state index < -0.39 is 6.04 Å². The van der Waals surface area contributed by atoms with Gasteiger partial charge < -0.3 is 20.5 Å². The van der Waals surface area contributed by atoms with E-state index in [1.807, 2.05) is 61.2 Å². The van der Waals surface area contributed by atoms with Gasteiger partial charge in [-0.3, -0.25) is 4.79 Å². The Morgan fingerprint density at radius 3 is 2.52 bits per heavy atom. The Bertz CT molecular complexity index is 1030. The van der Waals surface area contributed by atoms with Gasteiger partial charge in [0.05, 0.1) is 0 Å². The third-order valence-corrected chi connectivity index (χ3v) is 5.45. The predicted molar refractivity (Wildman–Crippen MR) is 115 cm³/mol. The summed E-state index contributed by atoms with van der Waals surface area (Å²) >= 11 is 0. The van der Waals surface area contributed by atoms with Crippen LogP contribution in [0.25, 0.3) is 10.9 Å². The molecule has 6 heteroatoms. The fourth-order valence-electron chi connectivity index (χ4n) is 3.89. The number of amides is 3. The Labute approximate surface area is 170 Å². The highest BCUT2D eigenvalue weighted by molar-refractivity contribution is 5.94. The van der Waals surface area contributed by atoms with Gasteiger partial charge in [0.1, 0.15) is 6.04 Å². The van der Waals surface area contributed by atoms with E-state index in [0.717, 1.165) is 17.3 Å². The van der Waals surface area contributed by atoms with Crippen molar-refractivity contribution in [2.45, 2.75) is 32.9 Å². The maximum atomic E-state index is 13.3. The van der Waals surface area contributed by atoms with Crippen molar-refractivity contribution in [1.29, 1.82) is 0 Å². The molecule has 1 unspecified atom stereocenters. The number of nitrogens with one attached hydrogen (secondary N) is 3. The third-order valence-electron chi connectivity index (χ3n) is 5.45. The van der Waals surface area contributed by atoms with Crippen molar-refractivity contribution in [2.75, 3.05) is 11.9 Å². The number of hydrogen-bond donors (Lipinski definition) is 3. The molecule has 3 N–H and O–H groups in total. The van der Waals surface area contributed by atoms with Crippen molar-refractivity contribution in [2.24, 2.45) is 5.92 Å². The molecule has 0 saturated carbocycles. The highest BCUT2D eigenvalue weighted by Gasteiger charge is 2.31. The van der Waals surface area contributed by atoms with Crippen LogP contribution in [0.15, 0.2) is 54.6 Å². The Morgan fingerprint density at radius 1 is 1.03 bits per heavy atom. The molecule has 3 aromatic rings. The minimum Gasteiger partial charge on any atom is -0.358 e. The molecular formula is C23H26N4O2. The maximum absolute atomic E-state index is 13.3. The molecule has 0 saturated heterocycles. The monoisotopic (exact) mass is 390 g/mol. The van der Waals surface area contributed by atoms with Crippen molar-refractivity contribution in [1.82, 2.24) is 15.2 Å². The summed E-state index contributed by atoms with van der Waals surface area (Å²) in [5.41, 5.74) is 4.18. The standard InChI is InChI=1S/C23H26N4O2/c1-15(2)21(26-23(29)24-16-8-4-3-5-9-16)22(28)27-13-12-20-18(14-27)17-10-6-7-11-19(17)25-20/h3-11,15,21,25H,12-14H2,1-2H3,(H2,24,26,29). The van der Waals surface area contributed by atoms with Crippen LogP contribution in [0.4, 0.5) is 10.5 Å². The zero-order chi connectivity index (χ0) is 20.4. The SMILES string of the molecule is CC(C)C(NC(=O)Nc1ccccc1)C(=O)N1CCc2[nH]c3ccccc3c2C1. The zero-order valence-electron chi connectivity index (χ0n) is 16.7. The number of hydrogen-bond acceptors (Lipinski definition) is 2. The van der Waals surface area contributed by atoms with Gasteiger partial charge in [0.2, 0.25) is 5.91 Å². The summed E-state index contributed by atoms with van der Waals surface area (Å²) in [6, 6.07) is 16.5. The number of nitrogens with zero attached hydrogens (tertiary/aromatic N) is 1. The number of aromatic nitrogens is 1. The second-order valence-electron chi connectivity index (χ2n) is 7.82. The molecule has 1 aliphatic heterocycles. The zero-order valence-corrected chi connectivity index (χ0v) is 16.7. The van der Waals surface area contributed by atoms with E-state index in [1.54, 1.807) is 0 Å². The number of anilines is 1. The molecule has 1 aromatic heterocycles. The average Bonchev–Trinajstić information content (AvgIpc) is 3.10. The summed E-state index contributed by atoms with van der Waals surface area (Å²) in [6.07, 6.45) is 0.788. The van der Waals surface area contributed by atoms with E-state index in [4.69, 9.17) is 0 Å². The normalized spacial score (nSPS) is 14.5. The van der Waals surface area contributed by atoms with E-state index in [-0.39, 0.29) is 17.9 Å². The van der Waals surface area contributed by atoms with Gasteiger partial charge in [-0.1, -0.05) is 50.2 Å².